The van der Waals surface area contributed by atoms with Gasteiger partial charge in [-0.15, -0.1) is 0 Å². The summed E-state index contributed by atoms with van der Waals surface area (Å²) in [5.41, 5.74) is 1.31. The molecule has 0 aromatic carbocycles. The van der Waals surface area contributed by atoms with Crippen LogP contribution in [0, 0.1) is 0 Å². The zero-order valence-electron chi connectivity index (χ0n) is 17.2. The normalized spacial score (nSPS) is 20.5. The monoisotopic (exact) mass is 464 g/mol. The highest BCUT2D eigenvalue weighted by molar-refractivity contribution is 6.66. The molecule has 0 unspecified atom stereocenters. The molecule has 30 heavy (non-hydrogen) atoms. The topological polar surface area (TPSA) is 46.2 Å². The maximum Gasteiger partial charge on any atom is 0.529 e. The molecule has 1 rings (SSSR count). The van der Waals surface area contributed by atoms with Crippen LogP contribution < -0.4 is 0 Å². The van der Waals surface area contributed by atoms with E-state index in [1.165, 1.54) is 24.8 Å². The molecule has 0 heterocycles. The average Bonchev–Trinajstić information content (AvgIpc) is 2.75. The van der Waals surface area contributed by atoms with Crippen molar-refractivity contribution >= 4 is 8.80 Å². The molecule has 12 heteroatoms. The van der Waals surface area contributed by atoms with Crippen molar-refractivity contribution in [2.24, 2.45) is 0 Å². The molecule has 0 aromatic rings. The maximum atomic E-state index is 14.1. The SMILES string of the molecule is C/C=C/COC1=C(OC/C=C/[Si](OCC)(OCC)OCC)C(F)(F)C(F)(F)C1(F)F. The number of ether oxygens (including phenoxy) is 2. The first-order chi connectivity index (χ1) is 14.0. The molecule has 5 nitrogen and oxygen atoms in total. The minimum absolute atomic E-state index is 0.224. The third-order valence-electron chi connectivity index (χ3n) is 3.81. The number of allylic oxidation sites excluding steroid dienone is 3. The van der Waals surface area contributed by atoms with E-state index in [-0.39, 0.29) is 19.8 Å². The zero-order valence-corrected chi connectivity index (χ0v) is 18.2. The molecule has 0 spiro atoms. The lowest BCUT2D eigenvalue weighted by atomic mass is 10.1. The molecule has 1 aliphatic rings. The molecule has 0 atom stereocenters. The van der Waals surface area contributed by atoms with Crippen molar-refractivity contribution < 1.29 is 49.1 Å². The Balaban J connectivity index is 3.13. The summed E-state index contributed by atoms with van der Waals surface area (Å²) in [6.45, 7) is 5.90. The number of rotatable bonds is 13. The smallest absolute Gasteiger partial charge is 0.484 e. The van der Waals surface area contributed by atoms with Gasteiger partial charge in [-0.05, 0) is 39.5 Å². The molecular formula is C18H26F6O5Si. The van der Waals surface area contributed by atoms with Gasteiger partial charge in [0.25, 0.3) is 0 Å². The summed E-state index contributed by atoms with van der Waals surface area (Å²) in [6.07, 6.45) is 3.71. The van der Waals surface area contributed by atoms with E-state index in [1.807, 2.05) is 0 Å². The first kappa shape index (κ1) is 26.5. The van der Waals surface area contributed by atoms with Gasteiger partial charge in [-0.1, -0.05) is 12.2 Å². The Morgan fingerprint density at radius 2 is 1.13 bits per heavy atom. The van der Waals surface area contributed by atoms with E-state index in [2.05, 4.69) is 9.47 Å². The molecule has 0 radical (unpaired) electrons. The second-order valence-electron chi connectivity index (χ2n) is 5.88. The quantitative estimate of drug-likeness (QED) is 0.221. The van der Waals surface area contributed by atoms with Crippen LogP contribution in [-0.2, 0) is 22.8 Å². The van der Waals surface area contributed by atoms with Gasteiger partial charge in [-0.25, -0.2) is 0 Å². The van der Waals surface area contributed by atoms with Crippen LogP contribution in [-0.4, -0.2) is 59.6 Å². The average molecular weight is 464 g/mol. The van der Waals surface area contributed by atoms with E-state index in [1.54, 1.807) is 20.8 Å². The molecule has 0 amide bonds. The molecule has 0 bridgehead atoms. The van der Waals surface area contributed by atoms with Crippen LogP contribution >= 0.6 is 0 Å². The summed E-state index contributed by atoms with van der Waals surface area (Å²) in [7, 11) is -3.31. The maximum absolute atomic E-state index is 14.1. The highest BCUT2D eigenvalue weighted by Crippen LogP contribution is 2.59. The fourth-order valence-corrected chi connectivity index (χ4v) is 4.64. The van der Waals surface area contributed by atoms with Crippen LogP contribution in [0.3, 0.4) is 0 Å². The van der Waals surface area contributed by atoms with Gasteiger partial charge in [0.15, 0.2) is 0 Å². The fourth-order valence-electron chi connectivity index (χ4n) is 2.50. The molecule has 174 valence electrons. The van der Waals surface area contributed by atoms with E-state index in [4.69, 9.17) is 13.3 Å². The van der Waals surface area contributed by atoms with Crippen molar-refractivity contribution in [1.29, 1.82) is 0 Å². The highest BCUT2D eigenvalue weighted by Gasteiger charge is 2.83. The molecule has 0 N–H and O–H groups in total. The van der Waals surface area contributed by atoms with Crippen molar-refractivity contribution in [1.82, 2.24) is 0 Å². The fraction of sp³-hybridized carbons (Fsp3) is 0.667. The summed E-state index contributed by atoms with van der Waals surface area (Å²) >= 11 is 0. The molecule has 0 aliphatic heterocycles. The minimum Gasteiger partial charge on any atom is -0.484 e. The van der Waals surface area contributed by atoms with Crippen molar-refractivity contribution in [3.63, 3.8) is 0 Å². The lowest BCUT2D eigenvalue weighted by Crippen LogP contribution is -2.49. The molecular weight excluding hydrogens is 438 g/mol. The zero-order chi connectivity index (χ0) is 23.1. The highest BCUT2D eigenvalue weighted by atomic mass is 28.4. The van der Waals surface area contributed by atoms with Crippen LogP contribution in [0.25, 0.3) is 0 Å². The Kier molecular flexibility index (Phi) is 9.45. The third kappa shape index (κ3) is 5.21. The van der Waals surface area contributed by atoms with Crippen molar-refractivity contribution in [2.45, 2.75) is 45.5 Å². The first-order valence-electron chi connectivity index (χ1n) is 9.32. The molecule has 0 aromatic heterocycles. The minimum atomic E-state index is -5.70. The van der Waals surface area contributed by atoms with E-state index in [0.29, 0.717) is 0 Å². The lowest BCUT2D eigenvalue weighted by Gasteiger charge is -2.25. The number of halogens is 6. The molecule has 0 saturated heterocycles. The van der Waals surface area contributed by atoms with Crippen LogP contribution in [0.1, 0.15) is 27.7 Å². The van der Waals surface area contributed by atoms with Gasteiger partial charge >= 0.3 is 26.6 Å². The first-order valence-corrected chi connectivity index (χ1v) is 11.1. The van der Waals surface area contributed by atoms with E-state index in [0.717, 1.165) is 6.08 Å². The summed E-state index contributed by atoms with van der Waals surface area (Å²) in [5.74, 6) is -20.0. The van der Waals surface area contributed by atoms with Gasteiger partial charge in [0.1, 0.15) is 13.2 Å². The Morgan fingerprint density at radius 3 is 1.50 bits per heavy atom. The lowest BCUT2D eigenvalue weighted by molar-refractivity contribution is -0.276. The van der Waals surface area contributed by atoms with Crippen molar-refractivity contribution in [2.75, 3.05) is 33.0 Å². The standard InChI is InChI=1S/C18H26F6O5Si/c1-5-9-11-25-14-15(17(21,22)18(23,24)16(14,19)20)26-12-10-13-30(27-6-2,28-7-3)29-8-4/h5,9-10,13H,6-8,11-12H2,1-4H3/b9-5+,13-10+. The third-order valence-corrected chi connectivity index (χ3v) is 6.52. The van der Waals surface area contributed by atoms with E-state index >= 15 is 0 Å². The summed E-state index contributed by atoms with van der Waals surface area (Å²) < 4.78 is 109. The summed E-state index contributed by atoms with van der Waals surface area (Å²) in [4.78, 5) is 0. The molecule has 0 saturated carbocycles. The Bertz CT molecular complexity index is 634. The number of hydrogen-bond donors (Lipinski definition) is 0. The largest absolute Gasteiger partial charge is 0.529 e. The van der Waals surface area contributed by atoms with Crippen molar-refractivity contribution in [3.05, 3.63) is 35.4 Å². The van der Waals surface area contributed by atoms with E-state index < -0.39 is 51.3 Å². The number of alkyl halides is 6. The van der Waals surface area contributed by atoms with Gasteiger partial charge in [0.2, 0.25) is 11.5 Å². The van der Waals surface area contributed by atoms with Gasteiger partial charge in [0.05, 0.1) is 0 Å². The number of hydrogen-bond acceptors (Lipinski definition) is 5. The molecule has 0 fully saturated rings. The predicted molar refractivity (Wildman–Crippen MR) is 98.4 cm³/mol. The van der Waals surface area contributed by atoms with Crippen LogP contribution in [0.4, 0.5) is 26.3 Å². The summed E-state index contributed by atoms with van der Waals surface area (Å²) in [5, 5.41) is 0. The van der Waals surface area contributed by atoms with Gasteiger partial charge < -0.3 is 22.8 Å². The predicted octanol–water partition coefficient (Wildman–Crippen LogP) is 4.87. The molecule has 1 aliphatic carbocycles. The second-order valence-corrected chi connectivity index (χ2v) is 8.28. The Labute approximate surface area is 172 Å². The second kappa shape index (κ2) is 10.7. The summed E-state index contributed by atoms with van der Waals surface area (Å²) in [6, 6.07) is 0. The van der Waals surface area contributed by atoms with Crippen LogP contribution in [0.15, 0.2) is 35.4 Å². The van der Waals surface area contributed by atoms with Crippen molar-refractivity contribution in [3.8, 4) is 0 Å². The van der Waals surface area contributed by atoms with E-state index in [9.17, 15) is 26.3 Å². The Morgan fingerprint density at radius 1 is 0.733 bits per heavy atom. The van der Waals surface area contributed by atoms with Gasteiger partial charge in [0, 0.05) is 19.8 Å². The van der Waals surface area contributed by atoms with Gasteiger partial charge in [-0.2, -0.15) is 26.3 Å². The van der Waals surface area contributed by atoms with Crippen LogP contribution in [0.2, 0.25) is 0 Å². The van der Waals surface area contributed by atoms with Gasteiger partial charge in [-0.3, -0.25) is 0 Å². The van der Waals surface area contributed by atoms with Crippen LogP contribution in [0.5, 0.6) is 0 Å². The Hall–Kier alpha value is -1.50.